The van der Waals surface area contributed by atoms with Crippen LogP contribution in [0.5, 0.6) is 5.75 Å². The molecule has 1 aliphatic heterocycles. The maximum Gasteiger partial charge on any atom is 0.573 e. The summed E-state index contributed by atoms with van der Waals surface area (Å²) in [5.41, 5.74) is 1.68. The summed E-state index contributed by atoms with van der Waals surface area (Å²) in [7, 11) is 0. The van der Waals surface area contributed by atoms with E-state index in [1.807, 2.05) is 18.2 Å². The molecule has 0 spiro atoms. The van der Waals surface area contributed by atoms with Gasteiger partial charge >= 0.3 is 6.36 Å². The average Bonchev–Trinajstić information content (AvgIpc) is 2.61. The third-order valence-corrected chi connectivity index (χ3v) is 4.37. The lowest BCUT2D eigenvalue weighted by Crippen LogP contribution is -2.45. The zero-order chi connectivity index (χ0) is 17.7. The molecule has 0 bridgehead atoms. The number of rotatable bonds is 5. The summed E-state index contributed by atoms with van der Waals surface area (Å²) >= 11 is 0. The molecular formula is C19H21F3N2O. The van der Waals surface area contributed by atoms with Gasteiger partial charge in [-0.25, -0.2) is 0 Å². The second-order valence-electron chi connectivity index (χ2n) is 6.13. The van der Waals surface area contributed by atoms with Crippen molar-refractivity contribution in [3.05, 3.63) is 65.7 Å². The fourth-order valence-corrected chi connectivity index (χ4v) is 3.23. The number of para-hydroxylation sites is 1. The molecule has 2 aromatic carbocycles. The molecule has 0 aromatic heterocycles. The van der Waals surface area contributed by atoms with Crippen LogP contribution in [0.1, 0.15) is 30.0 Å². The Morgan fingerprint density at radius 3 is 2.52 bits per heavy atom. The largest absolute Gasteiger partial charge is 0.573 e. The molecule has 1 saturated heterocycles. The van der Waals surface area contributed by atoms with Crippen LogP contribution >= 0.6 is 0 Å². The van der Waals surface area contributed by atoms with E-state index in [1.165, 1.54) is 11.6 Å². The SMILES string of the molecule is FC(F)(F)Oc1ccccc1CN[C@H]1CCCN[C@H]1c1ccccc1. The minimum absolute atomic E-state index is 0.144. The number of hydrogen-bond acceptors (Lipinski definition) is 3. The highest BCUT2D eigenvalue weighted by Crippen LogP contribution is 2.28. The van der Waals surface area contributed by atoms with Crippen molar-refractivity contribution in [3.63, 3.8) is 0 Å². The second kappa shape index (κ2) is 7.89. The topological polar surface area (TPSA) is 33.3 Å². The van der Waals surface area contributed by atoms with Crippen LogP contribution in [0.2, 0.25) is 0 Å². The molecule has 134 valence electrons. The zero-order valence-corrected chi connectivity index (χ0v) is 13.7. The minimum Gasteiger partial charge on any atom is -0.405 e. The van der Waals surface area contributed by atoms with E-state index < -0.39 is 6.36 Å². The van der Waals surface area contributed by atoms with Gasteiger partial charge < -0.3 is 15.4 Å². The fourth-order valence-electron chi connectivity index (χ4n) is 3.23. The summed E-state index contributed by atoms with van der Waals surface area (Å²) in [6.07, 6.45) is -2.69. The summed E-state index contributed by atoms with van der Waals surface area (Å²) in [4.78, 5) is 0. The molecule has 1 aliphatic rings. The quantitative estimate of drug-likeness (QED) is 0.849. The van der Waals surface area contributed by atoms with Crippen molar-refractivity contribution >= 4 is 0 Å². The van der Waals surface area contributed by atoms with Gasteiger partial charge in [0.15, 0.2) is 0 Å². The summed E-state index contributed by atoms with van der Waals surface area (Å²) in [5, 5.41) is 6.90. The number of benzene rings is 2. The Hall–Kier alpha value is -2.05. The van der Waals surface area contributed by atoms with Crippen LogP contribution < -0.4 is 15.4 Å². The van der Waals surface area contributed by atoms with Gasteiger partial charge in [0, 0.05) is 24.2 Å². The molecule has 0 amide bonds. The molecular weight excluding hydrogens is 329 g/mol. The highest BCUT2D eigenvalue weighted by molar-refractivity contribution is 5.33. The highest BCUT2D eigenvalue weighted by atomic mass is 19.4. The monoisotopic (exact) mass is 350 g/mol. The van der Waals surface area contributed by atoms with Gasteiger partial charge in [0.05, 0.1) is 0 Å². The van der Waals surface area contributed by atoms with Gasteiger partial charge in [-0.1, -0.05) is 48.5 Å². The first-order valence-corrected chi connectivity index (χ1v) is 8.38. The van der Waals surface area contributed by atoms with Crippen molar-refractivity contribution in [2.45, 2.75) is 37.8 Å². The van der Waals surface area contributed by atoms with E-state index in [2.05, 4.69) is 27.5 Å². The van der Waals surface area contributed by atoms with Crippen LogP contribution in [0, 0.1) is 0 Å². The number of ether oxygens (including phenoxy) is 1. The molecule has 6 heteroatoms. The lowest BCUT2D eigenvalue weighted by Gasteiger charge is -2.34. The smallest absolute Gasteiger partial charge is 0.405 e. The Balaban J connectivity index is 1.70. The summed E-state index contributed by atoms with van der Waals surface area (Å²) < 4.78 is 41.8. The maximum absolute atomic E-state index is 12.5. The van der Waals surface area contributed by atoms with E-state index >= 15 is 0 Å². The molecule has 0 radical (unpaired) electrons. The van der Waals surface area contributed by atoms with Gasteiger partial charge in [-0.2, -0.15) is 0 Å². The molecule has 3 rings (SSSR count). The van der Waals surface area contributed by atoms with E-state index in [4.69, 9.17) is 0 Å². The van der Waals surface area contributed by atoms with Gasteiger partial charge in [0.2, 0.25) is 0 Å². The van der Waals surface area contributed by atoms with E-state index in [1.54, 1.807) is 18.2 Å². The van der Waals surface area contributed by atoms with Gasteiger partial charge in [0.25, 0.3) is 0 Å². The number of halogens is 3. The number of alkyl halides is 3. The normalized spacial score (nSPS) is 21.1. The standard InChI is InChI=1S/C19H21F3N2O/c20-19(21,22)25-17-11-5-4-9-15(17)13-24-16-10-6-12-23-18(16)14-7-2-1-3-8-14/h1-5,7-9,11,16,18,23-24H,6,10,12-13H2/t16-,18-/m0/s1. The number of piperidine rings is 1. The van der Waals surface area contributed by atoms with E-state index in [0.29, 0.717) is 12.1 Å². The molecule has 2 N–H and O–H groups in total. The van der Waals surface area contributed by atoms with E-state index in [-0.39, 0.29) is 17.8 Å². The highest BCUT2D eigenvalue weighted by Gasteiger charge is 2.32. The first kappa shape index (κ1) is 17.8. The van der Waals surface area contributed by atoms with Crippen LogP contribution in [0.4, 0.5) is 13.2 Å². The third-order valence-electron chi connectivity index (χ3n) is 4.37. The van der Waals surface area contributed by atoms with Crippen LogP contribution in [-0.2, 0) is 6.54 Å². The first-order chi connectivity index (χ1) is 12.0. The predicted octanol–water partition coefficient (Wildman–Crippen LogP) is 4.17. The van der Waals surface area contributed by atoms with Gasteiger partial charge in [-0.05, 0) is 31.0 Å². The molecule has 25 heavy (non-hydrogen) atoms. The Morgan fingerprint density at radius 1 is 1.04 bits per heavy atom. The summed E-state index contributed by atoms with van der Waals surface area (Å²) in [5.74, 6) is -0.150. The minimum atomic E-state index is -4.69. The average molecular weight is 350 g/mol. The fraction of sp³-hybridized carbons (Fsp3) is 0.368. The summed E-state index contributed by atoms with van der Waals surface area (Å²) in [6, 6.07) is 16.6. The third kappa shape index (κ3) is 4.96. The van der Waals surface area contributed by atoms with Crippen molar-refractivity contribution in [2.24, 2.45) is 0 Å². The molecule has 0 unspecified atom stereocenters. The lowest BCUT2D eigenvalue weighted by atomic mass is 9.92. The Morgan fingerprint density at radius 2 is 1.76 bits per heavy atom. The van der Waals surface area contributed by atoms with Gasteiger partial charge in [-0.3, -0.25) is 0 Å². The Bertz CT molecular complexity index is 676. The maximum atomic E-state index is 12.5. The van der Waals surface area contributed by atoms with Crippen molar-refractivity contribution in [2.75, 3.05) is 6.54 Å². The van der Waals surface area contributed by atoms with Crippen molar-refractivity contribution in [1.82, 2.24) is 10.6 Å². The molecule has 1 fully saturated rings. The lowest BCUT2D eigenvalue weighted by molar-refractivity contribution is -0.274. The predicted molar refractivity (Wildman–Crippen MR) is 90.2 cm³/mol. The second-order valence-corrected chi connectivity index (χ2v) is 6.13. The molecule has 2 aromatic rings. The van der Waals surface area contributed by atoms with Crippen molar-refractivity contribution < 1.29 is 17.9 Å². The van der Waals surface area contributed by atoms with Gasteiger partial charge in [-0.15, -0.1) is 13.2 Å². The van der Waals surface area contributed by atoms with Crippen LogP contribution in [0.15, 0.2) is 54.6 Å². The number of hydrogen-bond donors (Lipinski definition) is 2. The molecule has 2 atom stereocenters. The van der Waals surface area contributed by atoms with Gasteiger partial charge in [0.1, 0.15) is 5.75 Å². The van der Waals surface area contributed by atoms with Crippen LogP contribution in [0.25, 0.3) is 0 Å². The van der Waals surface area contributed by atoms with Crippen molar-refractivity contribution in [1.29, 1.82) is 0 Å². The Labute approximate surface area is 145 Å². The van der Waals surface area contributed by atoms with Crippen LogP contribution in [0.3, 0.4) is 0 Å². The van der Waals surface area contributed by atoms with Crippen LogP contribution in [-0.4, -0.2) is 18.9 Å². The van der Waals surface area contributed by atoms with Crippen molar-refractivity contribution in [3.8, 4) is 5.75 Å². The molecule has 3 nitrogen and oxygen atoms in total. The van der Waals surface area contributed by atoms with E-state index in [9.17, 15) is 13.2 Å². The number of nitrogens with one attached hydrogen (secondary N) is 2. The molecule has 0 saturated carbocycles. The Kier molecular flexibility index (Phi) is 5.60. The van der Waals surface area contributed by atoms with E-state index in [0.717, 1.165) is 19.4 Å². The molecule has 0 aliphatic carbocycles. The molecule has 1 heterocycles. The summed E-state index contributed by atoms with van der Waals surface area (Å²) in [6.45, 7) is 1.26. The first-order valence-electron chi connectivity index (χ1n) is 8.38. The zero-order valence-electron chi connectivity index (χ0n) is 13.7.